The van der Waals surface area contributed by atoms with Gasteiger partial charge in [0.05, 0.1) is 6.61 Å². The fourth-order valence-electron chi connectivity index (χ4n) is 3.76. The van der Waals surface area contributed by atoms with Gasteiger partial charge in [-0.2, -0.15) is 0 Å². The van der Waals surface area contributed by atoms with Crippen LogP contribution in [0.15, 0.2) is 51.8 Å². The summed E-state index contributed by atoms with van der Waals surface area (Å²) in [7, 11) is 3.28. The van der Waals surface area contributed by atoms with E-state index in [1.165, 1.54) is 9.80 Å². The molecule has 2 unspecified atom stereocenters. The van der Waals surface area contributed by atoms with E-state index in [1.54, 1.807) is 63.5 Å². The van der Waals surface area contributed by atoms with Gasteiger partial charge in [-0.05, 0) is 48.9 Å². The molecule has 2 aromatic carbocycles. The maximum atomic E-state index is 13.1. The molecule has 2 atom stereocenters. The van der Waals surface area contributed by atoms with Gasteiger partial charge in [0, 0.05) is 43.1 Å². The molecule has 188 valence electrons. The van der Waals surface area contributed by atoms with Crippen molar-refractivity contribution in [2.75, 3.05) is 37.5 Å². The zero-order valence-electron chi connectivity index (χ0n) is 19.8. The minimum absolute atomic E-state index is 0.0934. The second kappa shape index (κ2) is 10.1. The smallest absolute Gasteiger partial charge is 0.380 e. The van der Waals surface area contributed by atoms with E-state index < -0.39 is 29.8 Å². The SMILES string of the molecule is Cc1ccc(N2CCOC(C(O)C(=O)Nc3ccc(-c4noc(=O)[nH]4)cc3)C2=O)cc1C(=O)N(C)C. The topological polar surface area (TPSA) is 158 Å². The summed E-state index contributed by atoms with van der Waals surface area (Å²) >= 11 is 0. The van der Waals surface area contributed by atoms with Crippen molar-refractivity contribution in [2.45, 2.75) is 19.1 Å². The molecule has 1 aliphatic rings. The third-order valence-corrected chi connectivity index (χ3v) is 5.71. The minimum Gasteiger partial charge on any atom is -0.380 e. The van der Waals surface area contributed by atoms with Crippen molar-refractivity contribution in [2.24, 2.45) is 0 Å². The number of carbonyl (C=O) groups excluding carboxylic acids is 3. The summed E-state index contributed by atoms with van der Waals surface area (Å²) in [6.07, 6.45) is -3.20. The van der Waals surface area contributed by atoms with E-state index in [2.05, 4.69) is 20.0 Å². The Bertz CT molecular complexity index is 1350. The average molecular weight is 495 g/mol. The first-order valence-corrected chi connectivity index (χ1v) is 11.1. The Balaban J connectivity index is 1.46. The molecule has 1 fully saturated rings. The molecule has 3 N–H and O–H groups in total. The van der Waals surface area contributed by atoms with Gasteiger partial charge in [-0.25, -0.2) is 4.79 Å². The predicted molar refractivity (Wildman–Crippen MR) is 128 cm³/mol. The van der Waals surface area contributed by atoms with Crippen molar-refractivity contribution < 1.29 is 28.8 Å². The molecule has 0 bridgehead atoms. The van der Waals surface area contributed by atoms with Crippen molar-refractivity contribution >= 4 is 29.1 Å². The molecular formula is C24H25N5O7. The molecule has 4 rings (SSSR count). The first-order valence-electron chi connectivity index (χ1n) is 11.1. The number of rotatable bonds is 6. The highest BCUT2D eigenvalue weighted by Crippen LogP contribution is 2.25. The Morgan fingerprint density at radius 1 is 1.19 bits per heavy atom. The second-order valence-electron chi connectivity index (χ2n) is 8.44. The number of aromatic nitrogens is 2. The van der Waals surface area contributed by atoms with Crippen LogP contribution in [0.4, 0.5) is 11.4 Å². The number of H-pyrrole nitrogens is 1. The number of amides is 3. The molecule has 0 saturated carbocycles. The second-order valence-corrected chi connectivity index (χ2v) is 8.44. The highest BCUT2D eigenvalue weighted by Gasteiger charge is 2.39. The van der Waals surface area contributed by atoms with Gasteiger partial charge < -0.3 is 25.0 Å². The van der Waals surface area contributed by atoms with Crippen LogP contribution >= 0.6 is 0 Å². The van der Waals surface area contributed by atoms with Crippen LogP contribution in [-0.2, 0) is 14.3 Å². The normalized spacial score (nSPS) is 16.5. The van der Waals surface area contributed by atoms with Crippen molar-refractivity contribution in [1.82, 2.24) is 15.0 Å². The molecule has 36 heavy (non-hydrogen) atoms. The van der Waals surface area contributed by atoms with Gasteiger partial charge >= 0.3 is 5.76 Å². The van der Waals surface area contributed by atoms with E-state index in [1.807, 2.05) is 0 Å². The summed E-state index contributed by atoms with van der Waals surface area (Å²) in [4.78, 5) is 54.7. The lowest BCUT2D eigenvalue weighted by Crippen LogP contribution is -2.55. The average Bonchev–Trinajstić information content (AvgIpc) is 3.30. The minimum atomic E-state index is -1.78. The van der Waals surface area contributed by atoms with Crippen molar-refractivity contribution in [3.63, 3.8) is 0 Å². The fourth-order valence-corrected chi connectivity index (χ4v) is 3.76. The van der Waals surface area contributed by atoms with Gasteiger partial charge in [0.25, 0.3) is 17.7 Å². The largest absolute Gasteiger partial charge is 0.439 e. The van der Waals surface area contributed by atoms with Gasteiger partial charge in [-0.1, -0.05) is 11.2 Å². The molecule has 1 aliphatic heterocycles. The van der Waals surface area contributed by atoms with Gasteiger partial charge in [0.1, 0.15) is 0 Å². The lowest BCUT2D eigenvalue weighted by molar-refractivity contribution is -0.150. The van der Waals surface area contributed by atoms with Gasteiger partial charge in [0.15, 0.2) is 18.0 Å². The summed E-state index contributed by atoms with van der Waals surface area (Å²) in [6, 6.07) is 11.3. The van der Waals surface area contributed by atoms with Crippen LogP contribution in [0.1, 0.15) is 15.9 Å². The number of hydrogen-bond donors (Lipinski definition) is 3. The van der Waals surface area contributed by atoms with Crippen molar-refractivity contribution in [1.29, 1.82) is 0 Å². The van der Waals surface area contributed by atoms with Crippen LogP contribution in [0.5, 0.6) is 0 Å². The molecule has 3 amide bonds. The summed E-state index contributed by atoms with van der Waals surface area (Å²) in [5, 5.41) is 16.7. The Hall–Kier alpha value is -4.29. The van der Waals surface area contributed by atoms with Crippen LogP contribution in [0.25, 0.3) is 11.4 Å². The zero-order valence-corrected chi connectivity index (χ0v) is 19.8. The van der Waals surface area contributed by atoms with Crippen LogP contribution < -0.4 is 16.0 Å². The number of hydrogen-bond acceptors (Lipinski definition) is 8. The maximum Gasteiger partial charge on any atom is 0.439 e. The lowest BCUT2D eigenvalue weighted by Gasteiger charge is -2.34. The summed E-state index contributed by atoms with van der Waals surface area (Å²) in [6.45, 7) is 2.10. The van der Waals surface area contributed by atoms with E-state index >= 15 is 0 Å². The summed E-state index contributed by atoms with van der Waals surface area (Å²) in [5.41, 5.74) is 2.57. The third kappa shape index (κ3) is 5.04. The Labute approximate surface area is 205 Å². The number of nitrogens with zero attached hydrogens (tertiary/aromatic N) is 3. The molecule has 1 saturated heterocycles. The van der Waals surface area contributed by atoms with Crippen LogP contribution in [-0.4, -0.2) is 77.3 Å². The fraction of sp³-hybridized carbons (Fsp3) is 0.292. The van der Waals surface area contributed by atoms with Crippen LogP contribution in [0.3, 0.4) is 0 Å². The highest BCUT2D eigenvalue weighted by molar-refractivity contribution is 6.04. The number of aliphatic hydroxyl groups excluding tert-OH is 1. The van der Waals surface area contributed by atoms with Gasteiger partial charge in [0.2, 0.25) is 0 Å². The number of morpholine rings is 1. The molecule has 1 aromatic heterocycles. The maximum absolute atomic E-state index is 13.1. The zero-order chi connectivity index (χ0) is 26.0. The predicted octanol–water partition coefficient (Wildman–Crippen LogP) is 0.772. The number of benzene rings is 2. The van der Waals surface area contributed by atoms with Crippen LogP contribution in [0, 0.1) is 6.92 Å². The number of aromatic amines is 1. The summed E-state index contributed by atoms with van der Waals surface area (Å²) < 4.78 is 9.92. The molecule has 0 radical (unpaired) electrons. The number of aliphatic hydroxyl groups is 1. The van der Waals surface area contributed by atoms with Gasteiger partial charge in [-0.3, -0.25) is 23.9 Å². The molecular weight excluding hydrogens is 470 g/mol. The van der Waals surface area contributed by atoms with Crippen LogP contribution in [0.2, 0.25) is 0 Å². The van der Waals surface area contributed by atoms with E-state index in [9.17, 15) is 24.3 Å². The molecule has 12 heteroatoms. The first-order chi connectivity index (χ1) is 17.2. The van der Waals surface area contributed by atoms with E-state index in [4.69, 9.17) is 4.74 Å². The Morgan fingerprint density at radius 3 is 2.56 bits per heavy atom. The number of ether oxygens (including phenoxy) is 1. The Kier molecular flexibility index (Phi) is 6.99. The number of aryl methyl sites for hydroxylation is 1. The quantitative estimate of drug-likeness (QED) is 0.452. The molecule has 0 aliphatic carbocycles. The van der Waals surface area contributed by atoms with E-state index in [-0.39, 0.29) is 24.9 Å². The van der Waals surface area contributed by atoms with E-state index in [0.717, 1.165) is 5.56 Å². The number of anilines is 2. The van der Waals surface area contributed by atoms with Gasteiger partial charge in [-0.15, -0.1) is 0 Å². The molecule has 3 aromatic rings. The molecule has 12 nitrogen and oxygen atoms in total. The molecule has 0 spiro atoms. The van der Waals surface area contributed by atoms with Crippen molar-refractivity contribution in [3.8, 4) is 11.4 Å². The third-order valence-electron chi connectivity index (χ3n) is 5.71. The number of carbonyl (C=O) groups is 3. The summed E-state index contributed by atoms with van der Waals surface area (Å²) in [5.74, 6) is -2.09. The lowest BCUT2D eigenvalue weighted by atomic mass is 10.0. The monoisotopic (exact) mass is 495 g/mol. The first kappa shape index (κ1) is 24.8. The Morgan fingerprint density at radius 2 is 1.92 bits per heavy atom. The highest BCUT2D eigenvalue weighted by atomic mass is 16.5. The molecule has 2 heterocycles. The standard InChI is InChI=1S/C24H25N5O7/c1-13-4-9-16(12-17(13)22(32)28(2)3)29-10-11-35-19(23(29)33)18(30)21(31)25-15-7-5-14(6-8-15)20-26-24(34)36-27-20/h4-9,12,18-19,30H,10-11H2,1-3H3,(H,25,31)(H,26,27,34). The van der Waals surface area contributed by atoms with Crippen molar-refractivity contribution in [3.05, 3.63) is 64.1 Å². The number of nitrogens with one attached hydrogen (secondary N) is 2. The van der Waals surface area contributed by atoms with E-state index in [0.29, 0.717) is 22.5 Å².